The average molecular weight is 336 g/mol. The molecule has 3 N–H and O–H groups in total. The molecule has 23 heavy (non-hydrogen) atoms. The number of aromatic nitrogens is 1. The Labute approximate surface area is 140 Å². The zero-order valence-electron chi connectivity index (χ0n) is 13.5. The minimum absolute atomic E-state index is 0.0763. The molecular formula is C16H24N4O2S. The smallest absolute Gasteiger partial charge is 0.317 e. The zero-order chi connectivity index (χ0) is 16.4. The molecule has 6 nitrogen and oxygen atoms in total. The summed E-state index contributed by atoms with van der Waals surface area (Å²) in [5.41, 5.74) is 6.21. The molecular weight excluding hydrogens is 312 g/mol. The van der Waals surface area contributed by atoms with E-state index in [2.05, 4.69) is 10.3 Å². The van der Waals surface area contributed by atoms with Crippen molar-refractivity contribution in [2.45, 2.75) is 51.0 Å². The highest BCUT2D eigenvalue weighted by Crippen LogP contribution is 2.41. The van der Waals surface area contributed by atoms with Crippen molar-refractivity contribution in [2.24, 2.45) is 11.7 Å². The molecule has 1 aromatic rings. The van der Waals surface area contributed by atoms with Gasteiger partial charge in [0.25, 0.3) is 0 Å². The molecule has 3 rings (SSSR count). The number of nitrogens with one attached hydrogen (secondary N) is 1. The molecule has 2 fully saturated rings. The molecule has 2 atom stereocenters. The summed E-state index contributed by atoms with van der Waals surface area (Å²) >= 11 is 1.69. The van der Waals surface area contributed by atoms with Gasteiger partial charge in [0, 0.05) is 30.8 Å². The van der Waals surface area contributed by atoms with Gasteiger partial charge in [-0.15, -0.1) is 11.3 Å². The van der Waals surface area contributed by atoms with Gasteiger partial charge in [-0.1, -0.05) is 0 Å². The SMILES string of the molecule is C[C@@H](NC(=O)N1CCC[C@@H](CC(N)=O)C1)c1csc(C2CC2)n1. The summed E-state index contributed by atoms with van der Waals surface area (Å²) in [5, 5.41) is 6.27. The lowest BCUT2D eigenvalue weighted by Crippen LogP contribution is -2.46. The van der Waals surface area contributed by atoms with Crippen molar-refractivity contribution < 1.29 is 9.59 Å². The standard InChI is InChI=1S/C16H24N4O2S/c1-10(13-9-23-15(19-13)12-4-5-12)18-16(22)20-6-2-3-11(8-20)7-14(17)21/h9-12H,2-8H2,1H3,(H2,17,21)(H,18,22)/t10-,11+/m1/s1. The molecule has 1 saturated heterocycles. The van der Waals surface area contributed by atoms with E-state index in [0.717, 1.165) is 25.1 Å². The number of thiazole rings is 1. The van der Waals surface area contributed by atoms with Gasteiger partial charge < -0.3 is 16.0 Å². The van der Waals surface area contributed by atoms with E-state index in [1.165, 1.54) is 17.8 Å². The molecule has 0 aromatic carbocycles. The largest absolute Gasteiger partial charge is 0.370 e. The van der Waals surface area contributed by atoms with E-state index in [9.17, 15) is 9.59 Å². The van der Waals surface area contributed by atoms with Crippen LogP contribution in [0.2, 0.25) is 0 Å². The first-order chi connectivity index (χ1) is 11.0. The van der Waals surface area contributed by atoms with Crippen molar-refractivity contribution in [3.8, 4) is 0 Å². The van der Waals surface area contributed by atoms with Crippen LogP contribution in [0.1, 0.15) is 61.7 Å². The summed E-state index contributed by atoms with van der Waals surface area (Å²) < 4.78 is 0. The number of rotatable bonds is 5. The lowest BCUT2D eigenvalue weighted by Gasteiger charge is -2.33. The van der Waals surface area contributed by atoms with Crippen molar-refractivity contribution in [3.05, 3.63) is 16.1 Å². The second-order valence-electron chi connectivity index (χ2n) is 6.68. The van der Waals surface area contributed by atoms with Crippen molar-refractivity contribution in [1.29, 1.82) is 0 Å². The van der Waals surface area contributed by atoms with Gasteiger partial charge in [0.1, 0.15) is 0 Å². The van der Waals surface area contributed by atoms with E-state index in [0.29, 0.717) is 18.9 Å². The van der Waals surface area contributed by atoms with E-state index in [-0.39, 0.29) is 23.9 Å². The topological polar surface area (TPSA) is 88.3 Å². The van der Waals surface area contributed by atoms with E-state index in [1.54, 1.807) is 16.2 Å². The number of piperidine rings is 1. The quantitative estimate of drug-likeness (QED) is 0.865. The van der Waals surface area contributed by atoms with Crippen LogP contribution < -0.4 is 11.1 Å². The number of amides is 3. The molecule has 0 radical (unpaired) electrons. The third-order valence-corrected chi connectivity index (χ3v) is 5.57. The summed E-state index contributed by atoms with van der Waals surface area (Å²) in [6.07, 6.45) is 4.71. The number of hydrogen-bond acceptors (Lipinski definition) is 4. The maximum Gasteiger partial charge on any atom is 0.317 e. The highest BCUT2D eigenvalue weighted by Gasteiger charge is 2.28. The normalized spacial score (nSPS) is 22.7. The van der Waals surface area contributed by atoms with Gasteiger partial charge in [0.15, 0.2) is 0 Å². The Hall–Kier alpha value is -1.63. The van der Waals surface area contributed by atoms with Crippen LogP contribution in [0.4, 0.5) is 4.79 Å². The van der Waals surface area contributed by atoms with Gasteiger partial charge in [0.05, 0.1) is 16.7 Å². The Bertz CT molecular complexity index is 584. The molecule has 1 aliphatic heterocycles. The van der Waals surface area contributed by atoms with Crippen molar-refractivity contribution in [2.75, 3.05) is 13.1 Å². The van der Waals surface area contributed by atoms with E-state index < -0.39 is 0 Å². The number of carbonyl (C=O) groups excluding carboxylic acids is 2. The van der Waals surface area contributed by atoms with E-state index >= 15 is 0 Å². The van der Waals surface area contributed by atoms with Gasteiger partial charge in [-0.2, -0.15) is 0 Å². The Morgan fingerprint density at radius 2 is 2.26 bits per heavy atom. The van der Waals surface area contributed by atoms with Crippen LogP contribution in [0.3, 0.4) is 0 Å². The molecule has 2 heterocycles. The summed E-state index contributed by atoms with van der Waals surface area (Å²) in [5.74, 6) is 0.539. The molecule has 2 aliphatic rings. The van der Waals surface area contributed by atoms with Crippen LogP contribution in [-0.4, -0.2) is 34.9 Å². The molecule has 1 saturated carbocycles. The molecule has 0 bridgehead atoms. The number of nitrogens with zero attached hydrogens (tertiary/aromatic N) is 2. The molecule has 0 unspecified atom stereocenters. The zero-order valence-corrected chi connectivity index (χ0v) is 14.3. The number of primary amides is 1. The predicted octanol–water partition coefficient (Wildman–Crippen LogP) is 2.38. The van der Waals surface area contributed by atoms with Crippen LogP contribution in [0.5, 0.6) is 0 Å². The van der Waals surface area contributed by atoms with Crippen molar-refractivity contribution in [1.82, 2.24) is 15.2 Å². The Morgan fingerprint density at radius 3 is 2.96 bits per heavy atom. The maximum absolute atomic E-state index is 12.4. The van der Waals surface area contributed by atoms with Crippen LogP contribution in [0.15, 0.2) is 5.38 Å². The second kappa shape index (κ2) is 6.86. The number of hydrogen-bond donors (Lipinski definition) is 2. The molecule has 1 aliphatic carbocycles. The molecule has 0 spiro atoms. The number of nitrogens with two attached hydrogens (primary N) is 1. The van der Waals surface area contributed by atoms with Gasteiger partial charge >= 0.3 is 6.03 Å². The fourth-order valence-corrected chi connectivity index (χ4v) is 4.15. The molecule has 7 heteroatoms. The minimum atomic E-state index is -0.291. The highest BCUT2D eigenvalue weighted by molar-refractivity contribution is 7.09. The average Bonchev–Trinajstić information content (AvgIpc) is 3.24. The highest BCUT2D eigenvalue weighted by atomic mass is 32.1. The minimum Gasteiger partial charge on any atom is -0.370 e. The lowest BCUT2D eigenvalue weighted by atomic mass is 9.95. The van der Waals surface area contributed by atoms with Gasteiger partial charge in [-0.25, -0.2) is 9.78 Å². The molecule has 1 aromatic heterocycles. The van der Waals surface area contributed by atoms with Gasteiger partial charge in [-0.3, -0.25) is 4.79 Å². The summed E-state index contributed by atoms with van der Waals surface area (Å²) in [7, 11) is 0. The van der Waals surface area contributed by atoms with Crippen molar-refractivity contribution in [3.63, 3.8) is 0 Å². The number of urea groups is 1. The second-order valence-corrected chi connectivity index (χ2v) is 7.57. The molecule has 126 valence electrons. The van der Waals surface area contributed by atoms with E-state index in [4.69, 9.17) is 5.73 Å². The maximum atomic E-state index is 12.4. The number of carbonyl (C=O) groups is 2. The van der Waals surface area contributed by atoms with Crippen LogP contribution in [0, 0.1) is 5.92 Å². The molecule has 3 amide bonds. The fourth-order valence-electron chi connectivity index (χ4n) is 3.07. The summed E-state index contributed by atoms with van der Waals surface area (Å²) in [4.78, 5) is 29.9. The summed E-state index contributed by atoms with van der Waals surface area (Å²) in [6, 6.07) is -0.171. The monoisotopic (exact) mass is 336 g/mol. The first-order valence-corrected chi connectivity index (χ1v) is 9.20. The summed E-state index contributed by atoms with van der Waals surface area (Å²) in [6.45, 7) is 3.30. The van der Waals surface area contributed by atoms with E-state index in [1.807, 2.05) is 12.3 Å². The van der Waals surface area contributed by atoms with Gasteiger partial charge in [0.2, 0.25) is 5.91 Å². The fraction of sp³-hybridized carbons (Fsp3) is 0.688. The van der Waals surface area contributed by atoms with Gasteiger partial charge in [-0.05, 0) is 38.5 Å². The Kier molecular flexibility index (Phi) is 4.84. The van der Waals surface area contributed by atoms with Crippen LogP contribution >= 0.6 is 11.3 Å². The van der Waals surface area contributed by atoms with Crippen molar-refractivity contribution >= 4 is 23.3 Å². The first-order valence-electron chi connectivity index (χ1n) is 8.32. The first kappa shape index (κ1) is 16.2. The third-order valence-electron chi connectivity index (χ3n) is 4.55. The third kappa shape index (κ3) is 4.22. The predicted molar refractivity (Wildman–Crippen MR) is 89.1 cm³/mol. The Morgan fingerprint density at radius 1 is 1.48 bits per heavy atom. The van der Waals surface area contributed by atoms with Crippen LogP contribution in [-0.2, 0) is 4.79 Å². The lowest BCUT2D eigenvalue weighted by molar-refractivity contribution is -0.119. The Balaban J connectivity index is 1.53. The van der Waals surface area contributed by atoms with Crippen LogP contribution in [0.25, 0.3) is 0 Å². The number of likely N-dealkylation sites (tertiary alicyclic amines) is 1.